The van der Waals surface area contributed by atoms with Gasteiger partial charge < -0.3 is 10.6 Å². The monoisotopic (exact) mass is 140 g/mol. The molecule has 0 radical (unpaired) electrons. The Bertz CT molecular complexity index is 91.8. The Morgan fingerprint density at radius 1 is 0.900 bits per heavy atom. The van der Waals surface area contributed by atoms with Crippen LogP contribution in [0.15, 0.2) is 0 Å². The van der Waals surface area contributed by atoms with Crippen molar-refractivity contribution >= 4 is 0 Å². The number of hydrogen-bond donors (Lipinski definition) is 2. The Morgan fingerprint density at radius 3 is 2.80 bits per heavy atom. The summed E-state index contributed by atoms with van der Waals surface area (Å²) < 4.78 is 0. The summed E-state index contributed by atoms with van der Waals surface area (Å²) in [5.74, 6) is 0. The molecule has 2 nitrogen and oxygen atoms in total. The molecule has 2 N–H and O–H groups in total. The average molecular weight is 140 g/mol. The van der Waals surface area contributed by atoms with E-state index in [1.165, 1.54) is 38.8 Å². The first-order chi connectivity index (χ1) is 4.95. The molecular weight excluding hydrogens is 124 g/mol. The molecule has 0 aromatic heterocycles. The first-order valence-electron chi connectivity index (χ1n) is 4.42. The summed E-state index contributed by atoms with van der Waals surface area (Å²) in [6, 6.07) is 1.59. The van der Waals surface area contributed by atoms with Crippen LogP contribution >= 0.6 is 0 Å². The van der Waals surface area contributed by atoms with E-state index < -0.39 is 0 Å². The standard InChI is InChI=1S/C8H16N2/c1-2-7-4-5-9-8(3-1)6-10-7/h7-10H,1-6H2/t7-,8-/m0/s1. The predicted octanol–water partition coefficient (Wildman–Crippen LogP) is 0.490. The van der Waals surface area contributed by atoms with Gasteiger partial charge in [-0.1, -0.05) is 6.42 Å². The highest BCUT2D eigenvalue weighted by Gasteiger charge is 2.20. The normalized spacial score (nSPS) is 40.8. The van der Waals surface area contributed by atoms with Crippen molar-refractivity contribution in [3.63, 3.8) is 0 Å². The van der Waals surface area contributed by atoms with Crippen molar-refractivity contribution in [3.05, 3.63) is 0 Å². The zero-order valence-corrected chi connectivity index (χ0v) is 6.40. The fourth-order valence-corrected chi connectivity index (χ4v) is 2.01. The third kappa shape index (κ3) is 1.32. The quantitative estimate of drug-likeness (QED) is 0.511. The van der Waals surface area contributed by atoms with Crippen LogP contribution in [0.1, 0.15) is 25.7 Å². The molecular formula is C8H16N2. The van der Waals surface area contributed by atoms with E-state index in [1.54, 1.807) is 0 Å². The lowest BCUT2D eigenvalue weighted by atomic mass is 10.0. The summed E-state index contributed by atoms with van der Waals surface area (Å²) in [7, 11) is 0. The van der Waals surface area contributed by atoms with Crippen molar-refractivity contribution in [2.45, 2.75) is 37.8 Å². The maximum Gasteiger partial charge on any atom is 0.0192 e. The lowest BCUT2D eigenvalue weighted by Crippen LogP contribution is -2.34. The summed E-state index contributed by atoms with van der Waals surface area (Å²) in [5.41, 5.74) is 0. The van der Waals surface area contributed by atoms with Crippen LogP contribution in [-0.4, -0.2) is 25.2 Å². The van der Waals surface area contributed by atoms with Gasteiger partial charge in [0.2, 0.25) is 0 Å². The van der Waals surface area contributed by atoms with Gasteiger partial charge in [-0.25, -0.2) is 0 Å². The van der Waals surface area contributed by atoms with E-state index in [-0.39, 0.29) is 0 Å². The van der Waals surface area contributed by atoms with Crippen molar-refractivity contribution in [3.8, 4) is 0 Å². The Kier molecular flexibility index (Phi) is 1.91. The fourth-order valence-electron chi connectivity index (χ4n) is 2.01. The molecule has 0 saturated carbocycles. The molecule has 2 heterocycles. The SMILES string of the molecule is C1C[C@H]2CCN[C@@H](C1)CN2. The van der Waals surface area contributed by atoms with Gasteiger partial charge in [0, 0.05) is 18.6 Å². The Balaban J connectivity index is 2.01. The minimum Gasteiger partial charge on any atom is -0.313 e. The third-order valence-corrected chi connectivity index (χ3v) is 2.68. The van der Waals surface area contributed by atoms with Crippen LogP contribution in [0.3, 0.4) is 0 Å². The summed E-state index contributed by atoms with van der Waals surface area (Å²) in [6.45, 7) is 2.42. The van der Waals surface area contributed by atoms with E-state index in [0.717, 1.165) is 12.1 Å². The first kappa shape index (κ1) is 6.62. The van der Waals surface area contributed by atoms with Gasteiger partial charge >= 0.3 is 0 Å². The first-order valence-corrected chi connectivity index (χ1v) is 4.42. The fraction of sp³-hybridized carbons (Fsp3) is 1.00. The highest BCUT2D eigenvalue weighted by Crippen LogP contribution is 2.14. The number of rotatable bonds is 0. The molecule has 2 atom stereocenters. The minimum absolute atomic E-state index is 0.771. The maximum atomic E-state index is 3.58. The van der Waals surface area contributed by atoms with E-state index in [0.29, 0.717) is 0 Å². The van der Waals surface area contributed by atoms with Crippen molar-refractivity contribution in [1.29, 1.82) is 0 Å². The van der Waals surface area contributed by atoms with E-state index >= 15 is 0 Å². The molecule has 2 bridgehead atoms. The van der Waals surface area contributed by atoms with E-state index in [4.69, 9.17) is 0 Å². The van der Waals surface area contributed by atoms with Gasteiger partial charge in [-0.3, -0.25) is 0 Å². The molecule has 2 rings (SSSR count). The van der Waals surface area contributed by atoms with Crippen molar-refractivity contribution in [2.75, 3.05) is 13.1 Å². The lowest BCUT2D eigenvalue weighted by Gasteiger charge is -2.15. The minimum atomic E-state index is 0.771. The highest BCUT2D eigenvalue weighted by molar-refractivity contribution is 4.83. The number of hydrogen-bond acceptors (Lipinski definition) is 2. The van der Waals surface area contributed by atoms with Gasteiger partial charge in [-0.05, 0) is 25.8 Å². The Morgan fingerprint density at radius 2 is 1.80 bits per heavy atom. The van der Waals surface area contributed by atoms with E-state index in [2.05, 4.69) is 10.6 Å². The number of fused-ring (bicyclic) bond motifs is 3. The van der Waals surface area contributed by atoms with Crippen LogP contribution in [0, 0.1) is 0 Å². The Labute approximate surface area is 62.4 Å². The number of nitrogens with one attached hydrogen (secondary N) is 2. The molecule has 0 amide bonds. The second-order valence-electron chi connectivity index (χ2n) is 3.48. The van der Waals surface area contributed by atoms with Gasteiger partial charge in [-0.15, -0.1) is 0 Å². The summed E-state index contributed by atoms with van der Waals surface area (Å²) in [6.07, 6.45) is 5.52. The molecule has 10 heavy (non-hydrogen) atoms. The van der Waals surface area contributed by atoms with Crippen molar-refractivity contribution in [1.82, 2.24) is 10.6 Å². The largest absolute Gasteiger partial charge is 0.313 e. The van der Waals surface area contributed by atoms with Crippen LogP contribution in [0.4, 0.5) is 0 Å². The summed E-state index contributed by atoms with van der Waals surface area (Å²) in [5, 5.41) is 7.13. The van der Waals surface area contributed by atoms with Crippen molar-refractivity contribution < 1.29 is 0 Å². The zero-order valence-electron chi connectivity index (χ0n) is 6.40. The third-order valence-electron chi connectivity index (χ3n) is 2.68. The van der Waals surface area contributed by atoms with Gasteiger partial charge in [0.25, 0.3) is 0 Å². The van der Waals surface area contributed by atoms with Crippen LogP contribution in [0.25, 0.3) is 0 Å². The topological polar surface area (TPSA) is 24.1 Å². The Hall–Kier alpha value is -0.0800. The molecule has 0 aromatic carbocycles. The molecule has 2 aliphatic rings. The predicted molar refractivity (Wildman–Crippen MR) is 42.0 cm³/mol. The zero-order chi connectivity index (χ0) is 6.81. The molecule has 2 saturated heterocycles. The molecule has 0 aliphatic carbocycles. The molecule has 0 spiro atoms. The van der Waals surface area contributed by atoms with Crippen LogP contribution in [0.5, 0.6) is 0 Å². The van der Waals surface area contributed by atoms with E-state index in [1.807, 2.05) is 0 Å². The van der Waals surface area contributed by atoms with E-state index in [9.17, 15) is 0 Å². The van der Waals surface area contributed by atoms with Gasteiger partial charge in [0.05, 0.1) is 0 Å². The molecule has 0 unspecified atom stereocenters. The van der Waals surface area contributed by atoms with Gasteiger partial charge in [-0.2, -0.15) is 0 Å². The van der Waals surface area contributed by atoms with Crippen LogP contribution in [0.2, 0.25) is 0 Å². The van der Waals surface area contributed by atoms with Crippen LogP contribution in [-0.2, 0) is 0 Å². The molecule has 0 aromatic rings. The summed E-state index contributed by atoms with van der Waals surface area (Å²) >= 11 is 0. The second kappa shape index (κ2) is 2.89. The average Bonchev–Trinajstić information content (AvgIpc) is 2.17. The van der Waals surface area contributed by atoms with Crippen molar-refractivity contribution in [2.24, 2.45) is 0 Å². The molecule has 2 aliphatic heterocycles. The smallest absolute Gasteiger partial charge is 0.0192 e. The van der Waals surface area contributed by atoms with Gasteiger partial charge in [0.15, 0.2) is 0 Å². The van der Waals surface area contributed by atoms with Gasteiger partial charge in [0.1, 0.15) is 0 Å². The van der Waals surface area contributed by atoms with Crippen LogP contribution < -0.4 is 10.6 Å². The second-order valence-corrected chi connectivity index (χ2v) is 3.48. The molecule has 2 heteroatoms. The maximum absolute atomic E-state index is 3.58. The lowest BCUT2D eigenvalue weighted by molar-refractivity contribution is 0.456. The highest BCUT2D eigenvalue weighted by atomic mass is 15.0. The molecule has 2 fully saturated rings. The summed E-state index contributed by atoms with van der Waals surface area (Å²) in [4.78, 5) is 0. The molecule has 58 valence electrons.